The monoisotopic (exact) mass is 252 g/mol. The molecule has 1 unspecified atom stereocenters. The van der Waals surface area contributed by atoms with Crippen molar-refractivity contribution in [3.63, 3.8) is 0 Å². The van der Waals surface area contributed by atoms with Crippen molar-refractivity contribution in [3.8, 4) is 0 Å². The Morgan fingerprint density at radius 2 is 2.40 bits per heavy atom. The van der Waals surface area contributed by atoms with Crippen molar-refractivity contribution in [1.29, 1.82) is 0 Å². The van der Waals surface area contributed by atoms with Gasteiger partial charge in [-0.05, 0) is 28.7 Å². The molecular weight excluding hydrogens is 243 g/mol. The van der Waals surface area contributed by atoms with E-state index in [1.165, 1.54) is 0 Å². The highest BCUT2D eigenvalue weighted by Gasteiger charge is 2.05. The summed E-state index contributed by atoms with van der Waals surface area (Å²) in [6.07, 6.45) is 1.04. The maximum Gasteiger partial charge on any atom is 0.143 e. The van der Waals surface area contributed by atoms with Crippen molar-refractivity contribution in [3.05, 3.63) is 21.5 Å². The van der Waals surface area contributed by atoms with Gasteiger partial charge in [0, 0.05) is 16.8 Å². The van der Waals surface area contributed by atoms with Crippen LogP contribution in [-0.4, -0.2) is 9.67 Å². The van der Waals surface area contributed by atoms with Crippen LogP contribution in [0.2, 0.25) is 0 Å². The summed E-state index contributed by atoms with van der Waals surface area (Å²) in [4.78, 5) is 0. The Kier molecular flexibility index (Phi) is 2.32. The van der Waals surface area contributed by atoms with Crippen molar-refractivity contribution in [2.45, 2.75) is 6.23 Å². The van der Waals surface area contributed by atoms with E-state index in [9.17, 15) is 0 Å². The van der Waals surface area contributed by atoms with Gasteiger partial charge in [0.05, 0.1) is 5.69 Å². The summed E-state index contributed by atoms with van der Waals surface area (Å²) in [6.45, 7) is 0. The zero-order valence-corrected chi connectivity index (χ0v) is 7.74. The summed E-state index contributed by atoms with van der Waals surface area (Å²) in [5, 5.41) is 8.97. The van der Waals surface area contributed by atoms with E-state index in [1.807, 2.05) is 23.9 Å². The highest BCUT2D eigenvalue weighted by molar-refractivity contribution is 14.1. The van der Waals surface area contributed by atoms with Gasteiger partial charge in [-0.1, -0.05) is 0 Å². The Hall–Kier alpha value is -0.0700. The average Bonchev–Trinajstić information content (AvgIpc) is 2.10. The van der Waals surface area contributed by atoms with Crippen molar-refractivity contribution in [1.82, 2.24) is 4.57 Å². The molecule has 0 saturated carbocycles. The first-order chi connectivity index (χ1) is 4.61. The van der Waals surface area contributed by atoms with Gasteiger partial charge >= 0.3 is 0 Å². The molecule has 0 aliphatic rings. The number of aliphatic hydroxyl groups excluding tert-OH is 1. The fourth-order valence-electron chi connectivity index (χ4n) is 0.834. The fourth-order valence-corrected chi connectivity index (χ4v) is 1.57. The summed E-state index contributed by atoms with van der Waals surface area (Å²) < 4.78 is 2.89. The van der Waals surface area contributed by atoms with Crippen LogP contribution < -0.4 is 5.73 Å². The Morgan fingerprint density at radius 1 is 1.80 bits per heavy atom. The highest BCUT2D eigenvalue weighted by Crippen LogP contribution is 2.13. The lowest BCUT2D eigenvalue weighted by atomic mass is 10.4. The molecule has 1 heterocycles. The van der Waals surface area contributed by atoms with E-state index in [0.717, 1.165) is 9.26 Å². The van der Waals surface area contributed by atoms with E-state index in [2.05, 4.69) is 22.6 Å². The minimum atomic E-state index is -0.867. The van der Waals surface area contributed by atoms with Gasteiger partial charge in [0.15, 0.2) is 0 Å². The molecule has 1 aromatic heterocycles. The molecule has 0 spiro atoms. The van der Waals surface area contributed by atoms with Crippen molar-refractivity contribution >= 4 is 22.6 Å². The van der Waals surface area contributed by atoms with E-state index in [1.54, 1.807) is 0 Å². The van der Waals surface area contributed by atoms with Gasteiger partial charge in [-0.25, -0.2) is 0 Å². The Labute approximate surface area is 73.0 Å². The number of aliphatic hydroxyl groups is 1. The second-order valence-electron chi connectivity index (χ2n) is 2.14. The highest BCUT2D eigenvalue weighted by atomic mass is 127. The van der Waals surface area contributed by atoms with Crippen molar-refractivity contribution < 1.29 is 5.11 Å². The summed E-state index contributed by atoms with van der Waals surface area (Å²) in [5.74, 6) is 0. The number of aryl methyl sites for hydroxylation is 1. The summed E-state index contributed by atoms with van der Waals surface area (Å²) in [5.41, 5.74) is 6.00. The van der Waals surface area contributed by atoms with Gasteiger partial charge in [0.2, 0.25) is 0 Å². The van der Waals surface area contributed by atoms with Gasteiger partial charge in [-0.2, -0.15) is 0 Å². The normalized spacial score (nSPS) is 13.6. The first kappa shape index (κ1) is 8.03. The molecule has 0 aliphatic carbocycles. The third-order valence-electron chi connectivity index (χ3n) is 1.31. The van der Waals surface area contributed by atoms with E-state index < -0.39 is 6.23 Å². The molecule has 56 valence electrons. The molecule has 1 atom stereocenters. The van der Waals surface area contributed by atoms with Crippen LogP contribution in [-0.2, 0) is 7.05 Å². The number of hydrogen-bond acceptors (Lipinski definition) is 2. The van der Waals surface area contributed by atoms with Crippen LogP contribution >= 0.6 is 22.6 Å². The summed E-state index contributed by atoms with van der Waals surface area (Å²) in [6, 6.07) is 1.85. The van der Waals surface area contributed by atoms with Gasteiger partial charge in [-0.15, -0.1) is 0 Å². The van der Waals surface area contributed by atoms with E-state index in [-0.39, 0.29) is 0 Å². The van der Waals surface area contributed by atoms with E-state index in [0.29, 0.717) is 0 Å². The zero-order chi connectivity index (χ0) is 7.72. The standard InChI is InChI=1S/C6H9IN2O/c1-9-3-4(7)2-5(9)6(8)10/h2-3,6,10H,8H2,1H3. The Morgan fingerprint density at radius 3 is 2.60 bits per heavy atom. The second kappa shape index (κ2) is 2.89. The molecule has 0 bridgehead atoms. The lowest BCUT2D eigenvalue weighted by Crippen LogP contribution is -2.12. The number of hydrogen-bond donors (Lipinski definition) is 2. The van der Waals surface area contributed by atoms with E-state index in [4.69, 9.17) is 10.8 Å². The van der Waals surface area contributed by atoms with Crippen LogP contribution in [0.5, 0.6) is 0 Å². The largest absolute Gasteiger partial charge is 0.373 e. The third kappa shape index (κ3) is 1.50. The molecule has 0 aliphatic heterocycles. The number of aromatic nitrogens is 1. The minimum Gasteiger partial charge on any atom is -0.373 e. The molecule has 0 saturated heterocycles. The first-order valence-electron chi connectivity index (χ1n) is 2.86. The molecule has 1 aromatic rings. The molecule has 0 aromatic carbocycles. The fraction of sp³-hybridized carbons (Fsp3) is 0.333. The predicted octanol–water partition coefficient (Wildman–Crippen LogP) is 0.579. The topological polar surface area (TPSA) is 51.2 Å². The van der Waals surface area contributed by atoms with Crippen LogP contribution in [0.1, 0.15) is 11.9 Å². The average molecular weight is 252 g/mol. The van der Waals surface area contributed by atoms with Gasteiger partial charge in [0.25, 0.3) is 0 Å². The van der Waals surface area contributed by atoms with Crippen molar-refractivity contribution in [2.75, 3.05) is 0 Å². The van der Waals surface area contributed by atoms with Crippen LogP contribution in [0.25, 0.3) is 0 Å². The van der Waals surface area contributed by atoms with E-state index >= 15 is 0 Å². The molecule has 0 radical (unpaired) electrons. The molecule has 3 N–H and O–H groups in total. The van der Waals surface area contributed by atoms with Crippen LogP contribution in [0, 0.1) is 3.57 Å². The summed E-state index contributed by atoms with van der Waals surface area (Å²) >= 11 is 2.17. The molecule has 10 heavy (non-hydrogen) atoms. The van der Waals surface area contributed by atoms with Crippen LogP contribution in [0.4, 0.5) is 0 Å². The number of nitrogens with two attached hydrogens (primary N) is 1. The molecule has 3 nitrogen and oxygen atoms in total. The van der Waals surface area contributed by atoms with Crippen LogP contribution in [0.3, 0.4) is 0 Å². The molecule has 1 rings (SSSR count). The van der Waals surface area contributed by atoms with Gasteiger partial charge in [-0.3, -0.25) is 0 Å². The quantitative estimate of drug-likeness (QED) is 0.567. The minimum absolute atomic E-state index is 0.740. The molecule has 4 heteroatoms. The van der Waals surface area contributed by atoms with Gasteiger partial charge < -0.3 is 15.4 Å². The van der Waals surface area contributed by atoms with Crippen LogP contribution in [0.15, 0.2) is 12.3 Å². The zero-order valence-electron chi connectivity index (χ0n) is 5.58. The molecule has 0 amide bonds. The van der Waals surface area contributed by atoms with Gasteiger partial charge in [0.1, 0.15) is 6.23 Å². The molecular formula is C6H9IN2O. The SMILES string of the molecule is Cn1cc(I)cc1C(N)O. The third-order valence-corrected chi connectivity index (χ3v) is 1.90. The van der Waals surface area contributed by atoms with Crippen molar-refractivity contribution in [2.24, 2.45) is 12.8 Å². The Balaban J connectivity index is 3.03. The Bertz CT molecular complexity index is 232. The second-order valence-corrected chi connectivity index (χ2v) is 3.38. The number of rotatable bonds is 1. The number of halogens is 1. The lowest BCUT2D eigenvalue weighted by Gasteiger charge is -2.03. The lowest BCUT2D eigenvalue weighted by molar-refractivity contribution is 0.178. The number of nitrogens with zero attached hydrogens (tertiary/aromatic N) is 1. The first-order valence-corrected chi connectivity index (χ1v) is 3.94. The maximum atomic E-state index is 8.97. The smallest absolute Gasteiger partial charge is 0.143 e. The maximum absolute atomic E-state index is 8.97. The summed E-state index contributed by atoms with van der Waals surface area (Å²) in [7, 11) is 1.85. The predicted molar refractivity (Wildman–Crippen MR) is 47.3 cm³/mol. The molecule has 0 fully saturated rings.